The van der Waals surface area contributed by atoms with Crippen molar-refractivity contribution in [2.45, 2.75) is 11.3 Å². The number of nitrogens with one attached hydrogen (secondary N) is 2. The minimum Gasteiger partial charge on any atom is -0.465 e. The van der Waals surface area contributed by atoms with Crippen LogP contribution < -0.4 is 10.0 Å². The number of rotatable bonds is 7. The molecular weight excluding hydrogens is 276 g/mol. The first-order chi connectivity index (χ1) is 8.53. The predicted octanol–water partition coefficient (Wildman–Crippen LogP) is 0.423. The number of carbonyl (C=O) groups excluding carboxylic acids is 1. The number of esters is 1. The number of hydrogen-bond acceptors (Lipinski definition) is 6. The summed E-state index contributed by atoms with van der Waals surface area (Å²) in [4.78, 5) is 11.5. The van der Waals surface area contributed by atoms with E-state index < -0.39 is 16.0 Å². The summed E-state index contributed by atoms with van der Waals surface area (Å²) >= 11 is 1.05. The molecule has 18 heavy (non-hydrogen) atoms. The van der Waals surface area contributed by atoms with Gasteiger partial charge in [-0.3, -0.25) is 0 Å². The van der Waals surface area contributed by atoms with Gasteiger partial charge in [-0.2, -0.15) is 0 Å². The fourth-order valence-electron chi connectivity index (χ4n) is 1.30. The monoisotopic (exact) mass is 292 g/mol. The summed E-state index contributed by atoms with van der Waals surface area (Å²) in [6, 6.07) is 1.40. The molecule has 8 heteroatoms. The lowest BCUT2D eigenvalue weighted by molar-refractivity contribution is 0.0602. The maximum atomic E-state index is 12.0. The summed E-state index contributed by atoms with van der Waals surface area (Å²) in [6.07, 6.45) is 0.674. The second-order valence-corrected chi connectivity index (χ2v) is 6.11. The lowest BCUT2D eigenvalue weighted by Crippen LogP contribution is -2.27. The molecule has 0 amide bonds. The second-order valence-electron chi connectivity index (χ2n) is 3.46. The smallest absolute Gasteiger partial charge is 0.349 e. The standard InChI is InChI=1S/C10H16N2O4S2/c1-11-5-3-6-12-18(14,15)8-4-7-17-9(8)10(13)16-2/h4,7,11-12H,3,5-6H2,1-2H3. The van der Waals surface area contributed by atoms with Crippen LogP contribution in [-0.4, -0.2) is 41.6 Å². The van der Waals surface area contributed by atoms with Crippen molar-refractivity contribution in [2.24, 2.45) is 0 Å². The van der Waals surface area contributed by atoms with Crippen molar-refractivity contribution in [1.29, 1.82) is 0 Å². The molecule has 1 aromatic rings. The molecule has 0 unspecified atom stereocenters. The van der Waals surface area contributed by atoms with Gasteiger partial charge in [0.05, 0.1) is 7.11 Å². The first kappa shape index (κ1) is 15.1. The van der Waals surface area contributed by atoms with Crippen LogP contribution in [-0.2, 0) is 14.8 Å². The van der Waals surface area contributed by atoms with Crippen molar-refractivity contribution in [3.05, 3.63) is 16.3 Å². The highest BCUT2D eigenvalue weighted by molar-refractivity contribution is 7.89. The summed E-state index contributed by atoms with van der Waals surface area (Å²) in [5, 5.41) is 4.47. The highest BCUT2D eigenvalue weighted by Crippen LogP contribution is 2.22. The largest absolute Gasteiger partial charge is 0.465 e. The maximum Gasteiger partial charge on any atom is 0.349 e. The quantitative estimate of drug-likeness (QED) is 0.562. The Morgan fingerprint density at radius 3 is 2.78 bits per heavy atom. The third-order valence-electron chi connectivity index (χ3n) is 2.19. The van der Waals surface area contributed by atoms with Gasteiger partial charge in [-0.05, 0) is 31.5 Å². The average Bonchev–Trinajstić information content (AvgIpc) is 2.83. The molecule has 0 radical (unpaired) electrons. The Morgan fingerprint density at radius 2 is 2.17 bits per heavy atom. The summed E-state index contributed by atoms with van der Waals surface area (Å²) in [6.45, 7) is 1.04. The number of thiophene rings is 1. The molecule has 102 valence electrons. The molecule has 0 aliphatic rings. The van der Waals surface area contributed by atoms with Gasteiger partial charge in [0.25, 0.3) is 0 Å². The molecule has 0 atom stereocenters. The van der Waals surface area contributed by atoms with E-state index in [9.17, 15) is 13.2 Å². The third-order valence-corrected chi connectivity index (χ3v) is 4.71. The topological polar surface area (TPSA) is 84.5 Å². The molecule has 0 aliphatic carbocycles. The fourth-order valence-corrected chi connectivity index (χ4v) is 3.71. The lowest BCUT2D eigenvalue weighted by atomic mass is 10.4. The van der Waals surface area contributed by atoms with Crippen molar-refractivity contribution in [3.63, 3.8) is 0 Å². The Balaban J connectivity index is 2.79. The molecule has 1 aromatic heterocycles. The molecule has 0 bridgehead atoms. The van der Waals surface area contributed by atoms with E-state index in [0.29, 0.717) is 13.0 Å². The zero-order chi connectivity index (χ0) is 13.6. The Kier molecular flexibility index (Phi) is 5.73. The molecule has 1 heterocycles. The molecule has 6 nitrogen and oxygen atoms in total. The van der Waals surface area contributed by atoms with Gasteiger partial charge in [0, 0.05) is 6.54 Å². The molecule has 0 fully saturated rings. The van der Waals surface area contributed by atoms with E-state index in [1.165, 1.54) is 13.2 Å². The van der Waals surface area contributed by atoms with Crippen LogP contribution in [0.2, 0.25) is 0 Å². The Morgan fingerprint density at radius 1 is 1.44 bits per heavy atom. The fraction of sp³-hybridized carbons (Fsp3) is 0.500. The third kappa shape index (κ3) is 3.77. The molecule has 2 N–H and O–H groups in total. The van der Waals surface area contributed by atoms with E-state index in [0.717, 1.165) is 17.9 Å². The summed E-state index contributed by atoms with van der Waals surface area (Å²) in [7, 11) is -0.636. The number of hydrogen-bond donors (Lipinski definition) is 2. The van der Waals surface area contributed by atoms with Crippen LogP contribution in [0.3, 0.4) is 0 Å². The van der Waals surface area contributed by atoms with E-state index in [1.807, 2.05) is 0 Å². The minimum atomic E-state index is -3.65. The summed E-state index contributed by atoms with van der Waals surface area (Å²) in [5.74, 6) is -0.638. The van der Waals surface area contributed by atoms with E-state index in [1.54, 1.807) is 12.4 Å². The van der Waals surface area contributed by atoms with Gasteiger partial charge in [0.15, 0.2) is 0 Å². The SMILES string of the molecule is CNCCCNS(=O)(=O)c1ccsc1C(=O)OC. The molecular formula is C10H16N2O4S2. The van der Waals surface area contributed by atoms with Gasteiger partial charge < -0.3 is 10.1 Å². The highest BCUT2D eigenvalue weighted by atomic mass is 32.2. The van der Waals surface area contributed by atoms with Crippen molar-refractivity contribution < 1.29 is 17.9 Å². The van der Waals surface area contributed by atoms with Crippen LogP contribution in [0.5, 0.6) is 0 Å². The number of sulfonamides is 1. The number of ether oxygens (including phenoxy) is 1. The first-order valence-electron chi connectivity index (χ1n) is 5.33. The van der Waals surface area contributed by atoms with E-state index in [-0.39, 0.29) is 9.77 Å². The van der Waals surface area contributed by atoms with Crippen LogP contribution >= 0.6 is 11.3 Å². The van der Waals surface area contributed by atoms with Crippen molar-refractivity contribution >= 4 is 27.3 Å². The predicted molar refractivity (Wildman–Crippen MR) is 69.4 cm³/mol. The second kappa shape index (κ2) is 6.83. The zero-order valence-electron chi connectivity index (χ0n) is 10.2. The van der Waals surface area contributed by atoms with Crippen LogP contribution in [0, 0.1) is 0 Å². The Bertz CT molecular complexity index is 496. The average molecular weight is 292 g/mol. The van der Waals surface area contributed by atoms with E-state index in [4.69, 9.17) is 0 Å². The van der Waals surface area contributed by atoms with Crippen LogP contribution in [0.1, 0.15) is 16.1 Å². The molecule has 1 rings (SSSR count). The summed E-state index contributed by atoms with van der Waals surface area (Å²) in [5.41, 5.74) is 0. The first-order valence-corrected chi connectivity index (χ1v) is 7.69. The highest BCUT2D eigenvalue weighted by Gasteiger charge is 2.23. The van der Waals surface area contributed by atoms with Gasteiger partial charge in [0.2, 0.25) is 10.0 Å². The zero-order valence-corrected chi connectivity index (χ0v) is 11.9. The number of methoxy groups -OCH3 is 1. The molecule has 0 saturated carbocycles. The Hall–Kier alpha value is -0.960. The molecule has 0 aliphatic heterocycles. The van der Waals surface area contributed by atoms with Crippen LogP contribution in [0.25, 0.3) is 0 Å². The molecule has 0 aromatic carbocycles. The summed E-state index contributed by atoms with van der Waals surface area (Å²) < 4.78 is 30.9. The van der Waals surface area contributed by atoms with Gasteiger partial charge in [-0.1, -0.05) is 0 Å². The van der Waals surface area contributed by atoms with Gasteiger partial charge >= 0.3 is 5.97 Å². The van der Waals surface area contributed by atoms with E-state index >= 15 is 0 Å². The minimum absolute atomic E-state index is 0.0243. The van der Waals surface area contributed by atoms with Gasteiger partial charge in [-0.25, -0.2) is 17.9 Å². The Labute approximate surface area is 110 Å². The van der Waals surface area contributed by atoms with Gasteiger partial charge in [-0.15, -0.1) is 11.3 Å². The van der Waals surface area contributed by atoms with Crippen LogP contribution in [0.15, 0.2) is 16.3 Å². The molecule has 0 spiro atoms. The maximum absolute atomic E-state index is 12.0. The van der Waals surface area contributed by atoms with Crippen molar-refractivity contribution in [3.8, 4) is 0 Å². The van der Waals surface area contributed by atoms with Crippen molar-refractivity contribution in [2.75, 3.05) is 27.2 Å². The van der Waals surface area contributed by atoms with Crippen molar-refractivity contribution in [1.82, 2.24) is 10.0 Å². The normalized spacial score (nSPS) is 11.4. The van der Waals surface area contributed by atoms with Crippen LogP contribution in [0.4, 0.5) is 0 Å². The lowest BCUT2D eigenvalue weighted by Gasteiger charge is -2.06. The molecule has 0 saturated heterocycles. The van der Waals surface area contributed by atoms with E-state index in [2.05, 4.69) is 14.8 Å². The number of carbonyl (C=O) groups is 1. The van der Waals surface area contributed by atoms with Gasteiger partial charge in [0.1, 0.15) is 9.77 Å².